The molecule has 16 heavy (non-hydrogen) atoms. The summed E-state index contributed by atoms with van der Waals surface area (Å²) in [5, 5.41) is 3.37. The van der Waals surface area contributed by atoms with E-state index in [-0.39, 0.29) is 6.03 Å². The minimum absolute atomic E-state index is 0.0537. The Hall–Kier alpha value is -1.42. The highest BCUT2D eigenvalue weighted by Crippen LogP contribution is 2.27. The van der Waals surface area contributed by atoms with Gasteiger partial charge < -0.3 is 15.0 Å². The predicted octanol–water partition coefficient (Wildman–Crippen LogP) is 1.87. The first kappa shape index (κ1) is 11.1. The highest BCUT2D eigenvalue weighted by Gasteiger charge is 2.21. The van der Waals surface area contributed by atoms with E-state index in [1.54, 1.807) is 18.1 Å². The summed E-state index contributed by atoms with van der Waals surface area (Å²) in [6.07, 6.45) is 0. The van der Waals surface area contributed by atoms with Crippen LogP contribution in [0.2, 0.25) is 5.02 Å². The lowest BCUT2D eigenvalue weighted by molar-refractivity contribution is 0.215. The van der Waals surface area contributed by atoms with Crippen molar-refractivity contribution in [1.29, 1.82) is 0 Å². The SMILES string of the molecule is COc1cccc(Cl)c1CN1CCNC1=O. The van der Waals surface area contributed by atoms with Gasteiger partial charge in [-0.25, -0.2) is 4.79 Å². The average molecular weight is 241 g/mol. The lowest BCUT2D eigenvalue weighted by Crippen LogP contribution is -2.27. The number of rotatable bonds is 3. The first-order valence-electron chi connectivity index (χ1n) is 5.06. The van der Waals surface area contributed by atoms with Gasteiger partial charge in [0.2, 0.25) is 0 Å². The second-order valence-electron chi connectivity index (χ2n) is 3.57. The third-order valence-corrected chi connectivity index (χ3v) is 2.94. The third-order valence-electron chi connectivity index (χ3n) is 2.59. The van der Waals surface area contributed by atoms with E-state index in [0.29, 0.717) is 30.4 Å². The molecule has 0 bridgehead atoms. The van der Waals surface area contributed by atoms with E-state index in [4.69, 9.17) is 16.3 Å². The van der Waals surface area contributed by atoms with E-state index in [1.165, 1.54) is 0 Å². The van der Waals surface area contributed by atoms with Crippen molar-refractivity contribution in [2.75, 3.05) is 20.2 Å². The molecule has 5 heteroatoms. The Morgan fingerprint density at radius 3 is 3.00 bits per heavy atom. The van der Waals surface area contributed by atoms with Gasteiger partial charge in [0, 0.05) is 23.7 Å². The van der Waals surface area contributed by atoms with Crippen LogP contribution in [0.15, 0.2) is 18.2 Å². The molecular weight excluding hydrogens is 228 g/mol. The number of ether oxygens (including phenoxy) is 1. The van der Waals surface area contributed by atoms with Crippen LogP contribution in [0.1, 0.15) is 5.56 Å². The maximum Gasteiger partial charge on any atom is 0.317 e. The fourth-order valence-corrected chi connectivity index (χ4v) is 1.96. The van der Waals surface area contributed by atoms with Crippen LogP contribution in [0.4, 0.5) is 4.79 Å². The van der Waals surface area contributed by atoms with Gasteiger partial charge in [0.1, 0.15) is 5.75 Å². The van der Waals surface area contributed by atoms with Crippen LogP contribution in [-0.2, 0) is 6.54 Å². The Morgan fingerprint density at radius 2 is 2.38 bits per heavy atom. The van der Waals surface area contributed by atoms with Crippen LogP contribution in [-0.4, -0.2) is 31.1 Å². The molecule has 0 aromatic heterocycles. The summed E-state index contributed by atoms with van der Waals surface area (Å²) in [5.74, 6) is 0.715. The Balaban J connectivity index is 2.22. The Labute approximate surface area is 99.1 Å². The molecule has 1 aliphatic rings. The van der Waals surface area contributed by atoms with Gasteiger partial charge in [-0.15, -0.1) is 0 Å². The zero-order valence-electron chi connectivity index (χ0n) is 9.00. The molecule has 1 aromatic carbocycles. The first-order valence-corrected chi connectivity index (χ1v) is 5.44. The van der Waals surface area contributed by atoms with Crippen LogP contribution < -0.4 is 10.1 Å². The number of halogens is 1. The number of urea groups is 1. The summed E-state index contributed by atoms with van der Waals surface area (Å²) >= 11 is 6.10. The monoisotopic (exact) mass is 240 g/mol. The van der Waals surface area contributed by atoms with E-state index >= 15 is 0 Å². The quantitative estimate of drug-likeness (QED) is 0.877. The minimum Gasteiger partial charge on any atom is -0.496 e. The van der Waals surface area contributed by atoms with E-state index in [2.05, 4.69) is 5.32 Å². The number of methoxy groups -OCH3 is 1. The van der Waals surface area contributed by atoms with Crippen LogP contribution in [0.3, 0.4) is 0 Å². The van der Waals surface area contributed by atoms with Crippen molar-refractivity contribution in [2.24, 2.45) is 0 Å². The molecular formula is C11H13ClN2O2. The number of hydrogen-bond donors (Lipinski definition) is 1. The number of benzene rings is 1. The molecule has 0 unspecified atom stereocenters. The summed E-state index contributed by atoms with van der Waals surface area (Å²) in [4.78, 5) is 13.1. The third kappa shape index (κ3) is 2.07. The van der Waals surface area contributed by atoms with E-state index in [9.17, 15) is 4.79 Å². The van der Waals surface area contributed by atoms with E-state index in [0.717, 1.165) is 5.56 Å². The summed E-state index contributed by atoms with van der Waals surface area (Å²) in [6.45, 7) is 1.87. The van der Waals surface area contributed by atoms with Gasteiger partial charge in [0.15, 0.2) is 0 Å². The van der Waals surface area contributed by atoms with Crippen molar-refractivity contribution in [3.8, 4) is 5.75 Å². The molecule has 86 valence electrons. The van der Waals surface area contributed by atoms with Gasteiger partial charge >= 0.3 is 6.03 Å². The number of carbonyl (C=O) groups excluding carboxylic acids is 1. The Kier molecular flexibility index (Phi) is 3.19. The fraction of sp³-hybridized carbons (Fsp3) is 0.364. The molecule has 1 aliphatic heterocycles. The number of nitrogens with one attached hydrogen (secondary N) is 1. The molecule has 0 aliphatic carbocycles. The van der Waals surface area contributed by atoms with Crippen molar-refractivity contribution in [2.45, 2.75) is 6.54 Å². The smallest absolute Gasteiger partial charge is 0.317 e. The fourth-order valence-electron chi connectivity index (χ4n) is 1.74. The van der Waals surface area contributed by atoms with Gasteiger partial charge in [-0.2, -0.15) is 0 Å². The normalized spacial score (nSPS) is 15.1. The Bertz CT molecular complexity index is 409. The molecule has 0 saturated carbocycles. The Morgan fingerprint density at radius 1 is 1.56 bits per heavy atom. The van der Waals surface area contributed by atoms with Crippen LogP contribution in [0, 0.1) is 0 Å². The lowest BCUT2D eigenvalue weighted by Gasteiger charge is -2.17. The molecule has 0 atom stereocenters. The number of carbonyl (C=O) groups is 1. The van der Waals surface area contributed by atoms with Crippen LogP contribution >= 0.6 is 11.6 Å². The van der Waals surface area contributed by atoms with Crippen molar-refractivity contribution in [3.05, 3.63) is 28.8 Å². The van der Waals surface area contributed by atoms with Crippen molar-refractivity contribution in [3.63, 3.8) is 0 Å². The average Bonchev–Trinajstić information content (AvgIpc) is 2.67. The van der Waals surface area contributed by atoms with Gasteiger partial charge in [0.25, 0.3) is 0 Å². The molecule has 1 fully saturated rings. The maximum atomic E-state index is 11.4. The highest BCUT2D eigenvalue weighted by molar-refractivity contribution is 6.31. The second-order valence-corrected chi connectivity index (χ2v) is 3.98. The van der Waals surface area contributed by atoms with E-state index < -0.39 is 0 Å². The number of hydrogen-bond acceptors (Lipinski definition) is 2. The van der Waals surface area contributed by atoms with Crippen molar-refractivity contribution >= 4 is 17.6 Å². The predicted molar refractivity (Wildman–Crippen MR) is 61.8 cm³/mol. The standard InChI is InChI=1S/C11H13ClN2O2/c1-16-10-4-2-3-9(12)8(10)7-14-6-5-13-11(14)15/h2-4H,5-7H2,1H3,(H,13,15). The van der Waals surface area contributed by atoms with Crippen LogP contribution in [0.5, 0.6) is 5.75 Å². The lowest BCUT2D eigenvalue weighted by atomic mass is 10.2. The molecule has 4 nitrogen and oxygen atoms in total. The van der Waals surface area contributed by atoms with Crippen molar-refractivity contribution < 1.29 is 9.53 Å². The summed E-state index contributed by atoms with van der Waals surface area (Å²) < 4.78 is 5.23. The molecule has 1 saturated heterocycles. The number of amides is 2. The molecule has 2 amide bonds. The molecule has 1 aromatic rings. The molecule has 1 heterocycles. The van der Waals surface area contributed by atoms with Gasteiger partial charge in [0.05, 0.1) is 13.7 Å². The summed E-state index contributed by atoms with van der Waals surface area (Å²) in [5.41, 5.74) is 0.851. The largest absolute Gasteiger partial charge is 0.496 e. The topological polar surface area (TPSA) is 41.6 Å². The van der Waals surface area contributed by atoms with Gasteiger partial charge in [-0.05, 0) is 12.1 Å². The van der Waals surface area contributed by atoms with Crippen LogP contribution in [0.25, 0.3) is 0 Å². The van der Waals surface area contributed by atoms with Gasteiger partial charge in [-0.3, -0.25) is 0 Å². The molecule has 0 spiro atoms. The maximum absolute atomic E-state index is 11.4. The molecule has 0 radical (unpaired) electrons. The van der Waals surface area contributed by atoms with E-state index in [1.807, 2.05) is 12.1 Å². The summed E-state index contributed by atoms with van der Waals surface area (Å²) in [6, 6.07) is 5.42. The highest BCUT2D eigenvalue weighted by atomic mass is 35.5. The zero-order chi connectivity index (χ0) is 11.5. The van der Waals surface area contributed by atoms with Crippen molar-refractivity contribution in [1.82, 2.24) is 10.2 Å². The summed E-state index contributed by atoms with van der Waals surface area (Å²) in [7, 11) is 1.60. The first-order chi connectivity index (χ1) is 7.72. The molecule has 2 rings (SSSR count). The van der Waals surface area contributed by atoms with Gasteiger partial charge in [-0.1, -0.05) is 17.7 Å². The second kappa shape index (κ2) is 4.61. The molecule has 1 N–H and O–H groups in total. The zero-order valence-corrected chi connectivity index (χ0v) is 9.75. The number of nitrogens with zero attached hydrogens (tertiary/aromatic N) is 1. The minimum atomic E-state index is -0.0537.